The van der Waals surface area contributed by atoms with Crippen molar-refractivity contribution in [1.82, 2.24) is 14.9 Å². The first-order valence-electron chi connectivity index (χ1n) is 11.2. The summed E-state index contributed by atoms with van der Waals surface area (Å²) in [4.78, 5) is 46.1. The van der Waals surface area contributed by atoms with E-state index in [1.165, 1.54) is 6.33 Å². The molecule has 0 amide bonds. The number of unbranched alkanes of at least 4 members (excludes halogenated alkanes) is 1. The van der Waals surface area contributed by atoms with E-state index in [1.54, 1.807) is 6.20 Å². The van der Waals surface area contributed by atoms with Crippen molar-refractivity contribution in [3.63, 3.8) is 0 Å². The smallest absolute Gasteiger partial charge is 0.328 e. The number of ketones is 1. The highest BCUT2D eigenvalue weighted by molar-refractivity contribution is 6.20. The van der Waals surface area contributed by atoms with E-state index < -0.39 is 29.2 Å². The van der Waals surface area contributed by atoms with Crippen LogP contribution in [-0.2, 0) is 20.8 Å². The van der Waals surface area contributed by atoms with E-state index >= 15 is 0 Å². The number of carboxylic acids is 2. The first kappa shape index (κ1) is 26.0. The van der Waals surface area contributed by atoms with Gasteiger partial charge in [-0.05, 0) is 59.9 Å². The predicted molar refractivity (Wildman–Crippen MR) is 120 cm³/mol. The number of piperidine rings is 1. The van der Waals surface area contributed by atoms with Gasteiger partial charge in [0.2, 0.25) is 5.41 Å². The summed E-state index contributed by atoms with van der Waals surface area (Å²) in [7, 11) is 2.14. The van der Waals surface area contributed by atoms with Crippen molar-refractivity contribution in [3.05, 3.63) is 18.2 Å². The number of H-pyrrole nitrogens is 1. The number of carbonyl (C=O) groups is 3. The van der Waals surface area contributed by atoms with Gasteiger partial charge in [-0.15, -0.1) is 0 Å². The zero-order valence-corrected chi connectivity index (χ0v) is 19.9. The highest BCUT2D eigenvalue weighted by Crippen LogP contribution is 2.42. The Kier molecular flexibility index (Phi) is 7.88. The van der Waals surface area contributed by atoms with Gasteiger partial charge in [0.15, 0.2) is 5.78 Å². The minimum Gasteiger partial charge on any atom is -0.480 e. The summed E-state index contributed by atoms with van der Waals surface area (Å²) in [6.07, 6.45) is 6.54. The molecule has 2 rings (SSSR count). The van der Waals surface area contributed by atoms with E-state index in [1.807, 2.05) is 0 Å². The van der Waals surface area contributed by atoms with Crippen LogP contribution in [0.2, 0.25) is 0 Å². The molecule has 1 fully saturated rings. The monoisotopic (exact) mass is 450 g/mol. The Morgan fingerprint density at radius 1 is 1.19 bits per heavy atom. The molecule has 0 bridgehead atoms. The fraction of sp³-hybridized carbons (Fsp3) is 0.739. The lowest BCUT2D eigenvalue weighted by atomic mass is 9.71. The third kappa shape index (κ3) is 5.38. The summed E-state index contributed by atoms with van der Waals surface area (Å²) in [6, 6.07) is -1.26. The van der Waals surface area contributed by atoms with Crippen LogP contribution < -0.4 is 5.73 Å². The largest absolute Gasteiger partial charge is 0.480 e. The van der Waals surface area contributed by atoms with Crippen LogP contribution in [0.5, 0.6) is 0 Å². The van der Waals surface area contributed by atoms with Crippen molar-refractivity contribution < 1.29 is 24.6 Å². The zero-order chi connectivity index (χ0) is 24.3. The Bertz CT molecular complexity index is 786. The average Bonchev–Trinajstić information content (AvgIpc) is 3.17. The number of carbonyl (C=O) groups excluding carboxylic acids is 1. The second kappa shape index (κ2) is 9.70. The molecule has 32 heavy (non-hydrogen) atoms. The number of aromatic amines is 1. The number of hydrogen-bond donors (Lipinski definition) is 4. The van der Waals surface area contributed by atoms with Gasteiger partial charge in [0.25, 0.3) is 0 Å². The summed E-state index contributed by atoms with van der Waals surface area (Å²) >= 11 is 0. The number of nitrogens with zero attached hydrogens (tertiary/aromatic N) is 2. The van der Waals surface area contributed by atoms with Gasteiger partial charge in [0.1, 0.15) is 0 Å². The topological polar surface area (TPSA) is 150 Å². The maximum Gasteiger partial charge on any atom is 0.328 e. The van der Waals surface area contributed by atoms with Crippen LogP contribution in [0.1, 0.15) is 71.9 Å². The third-order valence-corrected chi connectivity index (χ3v) is 7.28. The molecule has 9 heteroatoms. The number of carboxylic acid groups (broad SMARTS) is 2. The Labute approximate surface area is 189 Å². The molecule has 1 atom stereocenters. The molecular weight excluding hydrogens is 412 g/mol. The van der Waals surface area contributed by atoms with Crippen molar-refractivity contribution in [3.8, 4) is 0 Å². The molecule has 0 aromatic carbocycles. The minimum atomic E-state index is -2.54. The van der Waals surface area contributed by atoms with Crippen molar-refractivity contribution in [2.45, 2.75) is 89.8 Å². The number of aromatic nitrogens is 2. The van der Waals surface area contributed by atoms with Gasteiger partial charge >= 0.3 is 11.9 Å². The molecule has 2 heterocycles. The van der Waals surface area contributed by atoms with Crippen LogP contribution in [0.4, 0.5) is 0 Å². The number of Topliss-reactive ketones (excluding diaryl/α,β-unsaturated/α-hetero) is 1. The van der Waals surface area contributed by atoms with Gasteiger partial charge in [-0.3, -0.25) is 19.3 Å². The molecule has 1 saturated heterocycles. The Morgan fingerprint density at radius 3 is 2.22 bits per heavy atom. The number of nitrogens with two attached hydrogens (primary N) is 1. The summed E-state index contributed by atoms with van der Waals surface area (Å²) in [6.45, 7) is 8.89. The quantitative estimate of drug-likeness (QED) is 0.297. The number of likely N-dealkylation sites (tertiary alicyclic amines) is 1. The van der Waals surface area contributed by atoms with E-state index in [9.17, 15) is 24.6 Å². The lowest BCUT2D eigenvalue weighted by Crippen LogP contribution is -2.58. The van der Waals surface area contributed by atoms with Crippen molar-refractivity contribution in [2.75, 3.05) is 7.05 Å². The molecule has 0 saturated carbocycles. The molecule has 0 spiro atoms. The fourth-order valence-corrected chi connectivity index (χ4v) is 5.28. The van der Waals surface area contributed by atoms with Crippen molar-refractivity contribution >= 4 is 17.7 Å². The first-order chi connectivity index (χ1) is 14.7. The maximum absolute atomic E-state index is 12.9. The number of rotatable bonds is 11. The van der Waals surface area contributed by atoms with Crippen LogP contribution in [0.25, 0.3) is 0 Å². The van der Waals surface area contributed by atoms with E-state index in [2.05, 4.69) is 49.6 Å². The number of aliphatic carboxylic acids is 2. The van der Waals surface area contributed by atoms with E-state index in [-0.39, 0.29) is 23.9 Å². The molecule has 0 radical (unpaired) electrons. The minimum absolute atomic E-state index is 0.0234. The predicted octanol–water partition coefficient (Wildman–Crippen LogP) is 2.46. The van der Waals surface area contributed by atoms with Gasteiger partial charge in [0.05, 0.1) is 18.1 Å². The van der Waals surface area contributed by atoms with Crippen LogP contribution in [-0.4, -0.2) is 67.0 Å². The summed E-state index contributed by atoms with van der Waals surface area (Å²) < 4.78 is 0. The first-order valence-corrected chi connectivity index (χ1v) is 11.2. The molecular formula is C23H38N4O5. The van der Waals surface area contributed by atoms with E-state index in [0.29, 0.717) is 24.5 Å². The lowest BCUT2D eigenvalue weighted by molar-refractivity contribution is -0.169. The highest BCUT2D eigenvalue weighted by atomic mass is 16.4. The lowest BCUT2D eigenvalue weighted by Gasteiger charge is -2.54. The Morgan fingerprint density at radius 2 is 1.75 bits per heavy atom. The van der Waals surface area contributed by atoms with Gasteiger partial charge in [-0.1, -0.05) is 19.3 Å². The standard InChI is InChI=1S/C23H38N4O5/c1-21(2)11-15(12-22(3,4)27(21)5)8-6-7-9-23(19(29)30,20(31)32)18(28)17(24)10-16-13-25-14-26-16/h13-15,17H,6-12,24H2,1-5H3,(H,25,26)(H,29,30)(H,31,32)/t17-/m0/s1. The molecule has 1 aromatic rings. The summed E-state index contributed by atoms with van der Waals surface area (Å²) in [5.41, 5.74) is 3.96. The van der Waals surface area contributed by atoms with Crippen LogP contribution in [0.15, 0.2) is 12.5 Å². The van der Waals surface area contributed by atoms with Gasteiger partial charge in [0, 0.05) is 23.7 Å². The van der Waals surface area contributed by atoms with Gasteiger partial charge in [-0.25, -0.2) is 4.98 Å². The van der Waals surface area contributed by atoms with Crippen LogP contribution >= 0.6 is 0 Å². The number of imidazole rings is 1. The Balaban J connectivity index is 2.04. The molecule has 0 aliphatic carbocycles. The zero-order valence-electron chi connectivity index (χ0n) is 19.9. The molecule has 180 valence electrons. The molecule has 5 N–H and O–H groups in total. The molecule has 1 aliphatic heterocycles. The van der Waals surface area contributed by atoms with Crippen molar-refractivity contribution in [2.24, 2.45) is 17.1 Å². The average molecular weight is 451 g/mol. The number of nitrogens with one attached hydrogen (secondary N) is 1. The van der Waals surface area contributed by atoms with Crippen LogP contribution in [0.3, 0.4) is 0 Å². The van der Waals surface area contributed by atoms with Crippen LogP contribution in [0, 0.1) is 11.3 Å². The van der Waals surface area contributed by atoms with E-state index in [4.69, 9.17) is 5.73 Å². The molecule has 9 nitrogen and oxygen atoms in total. The molecule has 1 aliphatic rings. The van der Waals surface area contributed by atoms with Gasteiger partial charge in [-0.2, -0.15) is 0 Å². The molecule has 0 unspecified atom stereocenters. The summed E-state index contributed by atoms with van der Waals surface area (Å²) in [5.74, 6) is -3.84. The maximum atomic E-state index is 12.9. The highest BCUT2D eigenvalue weighted by Gasteiger charge is 2.54. The van der Waals surface area contributed by atoms with E-state index in [0.717, 1.165) is 19.3 Å². The normalized spacial score (nSPS) is 20.1. The SMILES string of the molecule is CN1C(C)(C)CC(CCCCC(C(=O)O)(C(=O)O)C(=O)[C@@H](N)Cc2c[nH]cn2)CC1(C)C. The van der Waals surface area contributed by atoms with Gasteiger partial charge < -0.3 is 20.9 Å². The second-order valence-corrected chi connectivity index (χ2v) is 10.5. The number of hydrogen-bond acceptors (Lipinski definition) is 6. The third-order valence-electron chi connectivity index (χ3n) is 7.28. The van der Waals surface area contributed by atoms with Crippen molar-refractivity contribution in [1.29, 1.82) is 0 Å². The summed E-state index contributed by atoms with van der Waals surface area (Å²) in [5, 5.41) is 19.5. The Hall–Kier alpha value is -2.26. The molecule has 1 aromatic heterocycles. The fourth-order valence-electron chi connectivity index (χ4n) is 5.28. The second-order valence-electron chi connectivity index (χ2n) is 10.5.